The maximum atomic E-state index is 6.08. The number of halogens is 1. The Balaban J connectivity index is 1.82. The Morgan fingerprint density at radius 2 is 2.10 bits per heavy atom. The molecule has 0 aliphatic carbocycles. The molecule has 2 atom stereocenters. The van der Waals surface area contributed by atoms with Crippen LogP contribution in [0.3, 0.4) is 0 Å². The van der Waals surface area contributed by atoms with E-state index < -0.39 is 0 Å². The molecule has 1 aromatic rings. The maximum absolute atomic E-state index is 6.08. The summed E-state index contributed by atoms with van der Waals surface area (Å²) in [5, 5.41) is 0. The van der Waals surface area contributed by atoms with Gasteiger partial charge in [-0.05, 0) is 31.2 Å². The standard InChI is InChI=1S/C15H21BrO4/c1-15(7-8-17-2)11-18-9-14(20-15)10-19-13-5-3-12(16)4-6-13/h3-6,14H,7-11H2,1-2H3/t14-,15-/m0/s1. The molecule has 112 valence electrons. The molecule has 0 saturated carbocycles. The predicted molar refractivity (Wildman–Crippen MR) is 80.2 cm³/mol. The van der Waals surface area contributed by atoms with Gasteiger partial charge in [0.2, 0.25) is 0 Å². The summed E-state index contributed by atoms with van der Waals surface area (Å²) in [6.45, 7) is 4.38. The number of hydrogen-bond acceptors (Lipinski definition) is 4. The first-order valence-corrected chi connectivity index (χ1v) is 7.53. The smallest absolute Gasteiger partial charge is 0.119 e. The summed E-state index contributed by atoms with van der Waals surface area (Å²) in [6.07, 6.45) is 0.771. The quantitative estimate of drug-likeness (QED) is 0.794. The molecule has 4 nitrogen and oxygen atoms in total. The Labute approximate surface area is 128 Å². The van der Waals surface area contributed by atoms with Crippen molar-refractivity contribution in [3.05, 3.63) is 28.7 Å². The van der Waals surface area contributed by atoms with Gasteiger partial charge < -0.3 is 18.9 Å². The highest BCUT2D eigenvalue weighted by Gasteiger charge is 2.33. The highest BCUT2D eigenvalue weighted by molar-refractivity contribution is 9.10. The van der Waals surface area contributed by atoms with Gasteiger partial charge in [-0.2, -0.15) is 0 Å². The molecule has 0 radical (unpaired) electrons. The van der Waals surface area contributed by atoms with E-state index in [1.165, 1.54) is 0 Å². The third-order valence-corrected chi connectivity index (χ3v) is 3.78. The molecule has 1 heterocycles. The van der Waals surface area contributed by atoms with Crippen LogP contribution in [0.5, 0.6) is 5.75 Å². The van der Waals surface area contributed by atoms with Crippen LogP contribution in [0.2, 0.25) is 0 Å². The highest BCUT2D eigenvalue weighted by atomic mass is 79.9. The van der Waals surface area contributed by atoms with Crippen LogP contribution in [0.25, 0.3) is 0 Å². The first-order valence-electron chi connectivity index (χ1n) is 6.74. The second-order valence-corrected chi connectivity index (χ2v) is 6.13. The van der Waals surface area contributed by atoms with Gasteiger partial charge in [0.1, 0.15) is 18.5 Å². The number of hydrogen-bond donors (Lipinski definition) is 0. The van der Waals surface area contributed by atoms with Crippen LogP contribution in [0, 0.1) is 0 Å². The molecule has 0 unspecified atom stereocenters. The SMILES string of the molecule is COCC[C@@]1(C)COC[C@@H](COc2ccc(Br)cc2)O1. The van der Waals surface area contributed by atoms with Crippen molar-refractivity contribution < 1.29 is 18.9 Å². The molecular weight excluding hydrogens is 324 g/mol. The highest BCUT2D eigenvalue weighted by Crippen LogP contribution is 2.24. The molecule has 1 saturated heterocycles. The van der Waals surface area contributed by atoms with Crippen molar-refractivity contribution in [2.24, 2.45) is 0 Å². The fourth-order valence-electron chi connectivity index (χ4n) is 2.13. The summed E-state index contributed by atoms with van der Waals surface area (Å²) in [4.78, 5) is 0. The molecular formula is C15H21BrO4. The predicted octanol–water partition coefficient (Wildman–Crippen LogP) is 3.04. The lowest BCUT2D eigenvalue weighted by molar-refractivity contribution is -0.203. The van der Waals surface area contributed by atoms with Gasteiger partial charge in [0, 0.05) is 24.6 Å². The van der Waals surface area contributed by atoms with E-state index in [1.54, 1.807) is 7.11 Å². The molecule has 1 fully saturated rings. The summed E-state index contributed by atoms with van der Waals surface area (Å²) >= 11 is 3.40. The number of rotatable bonds is 6. The summed E-state index contributed by atoms with van der Waals surface area (Å²) in [6, 6.07) is 7.77. The van der Waals surface area contributed by atoms with Crippen molar-refractivity contribution in [2.75, 3.05) is 33.5 Å². The molecule has 0 spiro atoms. The van der Waals surface area contributed by atoms with Crippen molar-refractivity contribution >= 4 is 15.9 Å². The van der Waals surface area contributed by atoms with Crippen LogP contribution in [0.1, 0.15) is 13.3 Å². The van der Waals surface area contributed by atoms with Crippen molar-refractivity contribution in [2.45, 2.75) is 25.0 Å². The number of methoxy groups -OCH3 is 1. The van der Waals surface area contributed by atoms with Gasteiger partial charge in [0.25, 0.3) is 0 Å². The molecule has 0 amide bonds. The molecule has 2 rings (SSSR count). The fraction of sp³-hybridized carbons (Fsp3) is 0.600. The van der Waals surface area contributed by atoms with E-state index in [-0.39, 0.29) is 11.7 Å². The molecule has 0 bridgehead atoms. The lowest BCUT2D eigenvalue weighted by Gasteiger charge is -2.38. The second-order valence-electron chi connectivity index (χ2n) is 5.21. The normalized spacial score (nSPS) is 26.4. The van der Waals surface area contributed by atoms with Gasteiger partial charge in [-0.15, -0.1) is 0 Å². The zero-order chi connectivity index (χ0) is 14.4. The Morgan fingerprint density at radius 3 is 2.80 bits per heavy atom. The van der Waals surface area contributed by atoms with Gasteiger partial charge in [-0.1, -0.05) is 15.9 Å². The van der Waals surface area contributed by atoms with Gasteiger partial charge >= 0.3 is 0 Å². The van der Waals surface area contributed by atoms with Crippen LogP contribution < -0.4 is 4.74 Å². The van der Waals surface area contributed by atoms with E-state index in [9.17, 15) is 0 Å². The van der Waals surface area contributed by atoms with E-state index in [0.29, 0.717) is 26.4 Å². The maximum Gasteiger partial charge on any atom is 0.119 e. The molecule has 1 aromatic carbocycles. The average Bonchev–Trinajstić information content (AvgIpc) is 2.45. The summed E-state index contributed by atoms with van der Waals surface area (Å²) < 4.78 is 23.6. The van der Waals surface area contributed by atoms with Crippen molar-refractivity contribution in [1.82, 2.24) is 0 Å². The molecule has 20 heavy (non-hydrogen) atoms. The van der Waals surface area contributed by atoms with Crippen LogP contribution in [-0.2, 0) is 14.2 Å². The topological polar surface area (TPSA) is 36.9 Å². The van der Waals surface area contributed by atoms with E-state index in [2.05, 4.69) is 22.9 Å². The van der Waals surface area contributed by atoms with Crippen LogP contribution >= 0.6 is 15.9 Å². The van der Waals surface area contributed by atoms with Crippen molar-refractivity contribution in [3.8, 4) is 5.75 Å². The average molecular weight is 345 g/mol. The zero-order valence-corrected chi connectivity index (χ0v) is 13.5. The zero-order valence-electron chi connectivity index (χ0n) is 11.9. The van der Waals surface area contributed by atoms with Crippen LogP contribution in [0.15, 0.2) is 28.7 Å². The number of ether oxygens (including phenoxy) is 4. The van der Waals surface area contributed by atoms with Gasteiger partial charge in [-0.25, -0.2) is 0 Å². The van der Waals surface area contributed by atoms with Gasteiger partial charge in [0.05, 0.1) is 18.8 Å². The second kappa shape index (κ2) is 7.41. The fourth-order valence-corrected chi connectivity index (χ4v) is 2.39. The third-order valence-electron chi connectivity index (χ3n) is 3.25. The molecule has 1 aliphatic heterocycles. The minimum Gasteiger partial charge on any atom is -0.491 e. The van der Waals surface area contributed by atoms with Crippen LogP contribution in [-0.4, -0.2) is 45.2 Å². The van der Waals surface area contributed by atoms with E-state index in [4.69, 9.17) is 18.9 Å². The molecule has 1 aliphatic rings. The Morgan fingerprint density at radius 1 is 1.35 bits per heavy atom. The van der Waals surface area contributed by atoms with E-state index in [1.807, 2.05) is 24.3 Å². The third kappa shape index (κ3) is 4.74. The van der Waals surface area contributed by atoms with Gasteiger partial charge in [-0.3, -0.25) is 0 Å². The summed E-state index contributed by atoms with van der Waals surface area (Å²) in [5.74, 6) is 0.834. The number of benzene rings is 1. The minimum atomic E-state index is -0.290. The Bertz CT molecular complexity index is 409. The largest absolute Gasteiger partial charge is 0.491 e. The van der Waals surface area contributed by atoms with E-state index >= 15 is 0 Å². The van der Waals surface area contributed by atoms with Crippen molar-refractivity contribution in [1.29, 1.82) is 0 Å². The summed E-state index contributed by atoms with van der Waals surface area (Å²) in [5.41, 5.74) is -0.290. The van der Waals surface area contributed by atoms with Crippen LogP contribution in [0.4, 0.5) is 0 Å². The monoisotopic (exact) mass is 344 g/mol. The lowest BCUT2D eigenvalue weighted by Crippen LogP contribution is -2.48. The Hall–Kier alpha value is -0.620. The Kier molecular flexibility index (Phi) is 5.84. The molecule has 0 N–H and O–H groups in total. The molecule has 5 heteroatoms. The van der Waals surface area contributed by atoms with Gasteiger partial charge in [0.15, 0.2) is 0 Å². The minimum absolute atomic E-state index is 0.0470. The van der Waals surface area contributed by atoms with E-state index in [0.717, 1.165) is 16.6 Å². The van der Waals surface area contributed by atoms with Crippen molar-refractivity contribution in [3.63, 3.8) is 0 Å². The first-order chi connectivity index (χ1) is 9.61. The summed E-state index contributed by atoms with van der Waals surface area (Å²) in [7, 11) is 1.70. The first kappa shape index (κ1) is 15.8. The lowest BCUT2D eigenvalue weighted by atomic mass is 10.0. The molecule has 0 aromatic heterocycles.